The molecule has 0 amide bonds. The van der Waals surface area contributed by atoms with Crippen molar-refractivity contribution in [3.8, 4) is 0 Å². The molecule has 0 unspecified atom stereocenters. The molecule has 4 rings (SSSR count). The van der Waals surface area contributed by atoms with Crippen LogP contribution in [0.5, 0.6) is 0 Å². The molecule has 0 aromatic heterocycles. The lowest BCUT2D eigenvalue weighted by atomic mass is 10.2. The smallest absolute Gasteiger partial charge is 0.0879 e. The fourth-order valence-corrected chi connectivity index (χ4v) is 3.08. The summed E-state index contributed by atoms with van der Waals surface area (Å²) in [5.41, 5.74) is 3.71. The van der Waals surface area contributed by atoms with Crippen molar-refractivity contribution in [1.29, 1.82) is 0 Å². The second-order valence-electron chi connectivity index (χ2n) is 6.18. The van der Waals surface area contributed by atoms with E-state index in [0.29, 0.717) is 10.0 Å². The molecule has 0 spiro atoms. The highest BCUT2D eigenvalue weighted by molar-refractivity contribution is 6.31. The molecule has 2 N–H and O–H groups in total. The Kier molecular flexibility index (Phi) is 6.32. The molecule has 4 nitrogen and oxygen atoms in total. The zero-order valence-electron chi connectivity index (χ0n) is 14.2. The molecule has 2 aromatic carbocycles. The van der Waals surface area contributed by atoms with E-state index in [9.17, 15) is 0 Å². The topological polar surface area (TPSA) is 39.7 Å². The van der Waals surface area contributed by atoms with Gasteiger partial charge >= 0.3 is 0 Å². The summed E-state index contributed by atoms with van der Waals surface area (Å²) in [6.07, 6.45) is 3.09. The fraction of sp³-hybridized carbons (Fsp3) is 0.316. The van der Waals surface area contributed by atoms with E-state index in [2.05, 4.69) is 27.6 Å². The van der Waals surface area contributed by atoms with E-state index < -0.39 is 0 Å². The van der Waals surface area contributed by atoms with Crippen LogP contribution in [0, 0.1) is 0 Å². The monoisotopic (exact) mass is 376 g/mol. The number of likely N-dealkylation sites (N-methyl/N-ethyl adjacent to an activating group) is 1. The number of aliphatic imine (C=N–C) groups is 1. The lowest BCUT2D eigenvalue weighted by Crippen LogP contribution is -2.23. The average molecular weight is 377 g/mol. The van der Waals surface area contributed by atoms with E-state index in [1.54, 1.807) is 6.21 Å². The number of fused-ring (bicyclic) bond motifs is 2. The Bertz CT molecular complexity index is 700. The van der Waals surface area contributed by atoms with Crippen molar-refractivity contribution in [2.45, 2.75) is 6.42 Å². The third-order valence-electron chi connectivity index (χ3n) is 4.15. The Hall–Kier alpha value is -1.59. The van der Waals surface area contributed by atoms with Gasteiger partial charge in [-0.15, -0.1) is 0 Å². The van der Waals surface area contributed by atoms with Crippen LogP contribution < -0.4 is 10.6 Å². The van der Waals surface area contributed by atoms with Crippen LogP contribution in [0.15, 0.2) is 41.4 Å². The number of halogens is 2. The van der Waals surface area contributed by atoms with Crippen molar-refractivity contribution >= 4 is 46.5 Å². The molecule has 132 valence electrons. The van der Waals surface area contributed by atoms with Gasteiger partial charge in [0.25, 0.3) is 0 Å². The Morgan fingerprint density at radius 1 is 0.960 bits per heavy atom. The van der Waals surface area contributed by atoms with E-state index in [1.807, 2.05) is 36.4 Å². The van der Waals surface area contributed by atoms with Crippen LogP contribution in [0.1, 0.15) is 12.0 Å². The minimum Gasteiger partial charge on any atom is -0.353 e. The van der Waals surface area contributed by atoms with Gasteiger partial charge in [0.1, 0.15) is 0 Å². The highest BCUT2D eigenvalue weighted by atomic mass is 35.5. The standard InChI is InChI=1S/C13H8Cl2N2.C6H14N2/c14-9-1-3-11-8(5-9)7-16-13-6-10(15)2-4-12(13)17-11;1-8-5-2-3-7-4-6-8/h1-7,17H;7H,2-6H2,1H3. The summed E-state index contributed by atoms with van der Waals surface area (Å²) >= 11 is 11.9. The van der Waals surface area contributed by atoms with E-state index in [1.165, 1.54) is 26.1 Å². The van der Waals surface area contributed by atoms with E-state index in [4.69, 9.17) is 23.2 Å². The Balaban J connectivity index is 0.000000192. The fourth-order valence-electron chi connectivity index (χ4n) is 2.74. The summed E-state index contributed by atoms with van der Waals surface area (Å²) < 4.78 is 0. The Morgan fingerprint density at radius 2 is 1.72 bits per heavy atom. The highest BCUT2D eigenvalue weighted by Gasteiger charge is 2.10. The van der Waals surface area contributed by atoms with Gasteiger partial charge in [0.2, 0.25) is 0 Å². The van der Waals surface area contributed by atoms with Crippen LogP contribution in [0.2, 0.25) is 10.0 Å². The third-order valence-corrected chi connectivity index (χ3v) is 4.62. The number of benzene rings is 2. The molecule has 0 bridgehead atoms. The van der Waals surface area contributed by atoms with Crippen LogP contribution in [0.25, 0.3) is 0 Å². The minimum atomic E-state index is 0.673. The molecule has 0 radical (unpaired) electrons. The van der Waals surface area contributed by atoms with Crippen LogP contribution in [-0.4, -0.2) is 44.3 Å². The van der Waals surface area contributed by atoms with Crippen LogP contribution in [0.4, 0.5) is 17.1 Å². The Morgan fingerprint density at radius 3 is 2.56 bits per heavy atom. The molecule has 1 saturated heterocycles. The van der Waals surface area contributed by atoms with Crippen molar-refractivity contribution in [3.63, 3.8) is 0 Å². The third kappa shape index (κ3) is 5.19. The first-order valence-electron chi connectivity index (χ1n) is 8.41. The van der Waals surface area contributed by atoms with Crippen molar-refractivity contribution in [2.75, 3.05) is 38.5 Å². The maximum Gasteiger partial charge on any atom is 0.0879 e. The first-order valence-corrected chi connectivity index (χ1v) is 9.17. The van der Waals surface area contributed by atoms with Gasteiger partial charge in [-0.3, -0.25) is 4.99 Å². The summed E-state index contributed by atoms with van der Waals surface area (Å²) in [5, 5.41) is 8.02. The second-order valence-corrected chi connectivity index (χ2v) is 7.06. The van der Waals surface area contributed by atoms with Gasteiger partial charge in [0.05, 0.1) is 11.4 Å². The largest absolute Gasteiger partial charge is 0.353 e. The molecule has 2 aliphatic heterocycles. The molecule has 2 heterocycles. The number of hydrogen-bond acceptors (Lipinski definition) is 4. The molecule has 6 heteroatoms. The predicted molar refractivity (Wildman–Crippen MR) is 108 cm³/mol. The zero-order valence-corrected chi connectivity index (χ0v) is 15.7. The van der Waals surface area contributed by atoms with Gasteiger partial charge in [-0.2, -0.15) is 0 Å². The normalized spacial score (nSPS) is 16.4. The summed E-state index contributed by atoms with van der Waals surface area (Å²) in [5.74, 6) is 0. The van der Waals surface area contributed by atoms with E-state index in [0.717, 1.165) is 29.2 Å². The zero-order chi connectivity index (χ0) is 17.6. The molecule has 2 aliphatic rings. The summed E-state index contributed by atoms with van der Waals surface area (Å²) in [4.78, 5) is 6.76. The maximum atomic E-state index is 5.96. The van der Waals surface area contributed by atoms with Crippen molar-refractivity contribution in [2.24, 2.45) is 4.99 Å². The number of rotatable bonds is 0. The minimum absolute atomic E-state index is 0.673. The predicted octanol–water partition coefficient (Wildman–Crippen LogP) is 4.71. The van der Waals surface area contributed by atoms with Gasteiger partial charge in [-0.1, -0.05) is 23.2 Å². The first kappa shape index (κ1) is 18.2. The molecular formula is C19H22Cl2N4. The van der Waals surface area contributed by atoms with E-state index in [-0.39, 0.29) is 0 Å². The van der Waals surface area contributed by atoms with Crippen LogP contribution >= 0.6 is 23.2 Å². The lowest BCUT2D eigenvalue weighted by Gasteiger charge is -2.09. The Labute approximate surface area is 158 Å². The number of nitrogens with zero attached hydrogens (tertiary/aromatic N) is 2. The van der Waals surface area contributed by atoms with Gasteiger partial charge < -0.3 is 15.5 Å². The van der Waals surface area contributed by atoms with Crippen molar-refractivity contribution < 1.29 is 0 Å². The number of hydrogen-bond donors (Lipinski definition) is 2. The SMILES string of the molecule is CN1CCCNCC1.Clc1ccc2c(c1)C=Nc1cc(Cl)ccc1N2. The first-order chi connectivity index (χ1) is 12.1. The number of anilines is 2. The van der Waals surface area contributed by atoms with Crippen molar-refractivity contribution in [3.05, 3.63) is 52.0 Å². The molecule has 2 aromatic rings. The average Bonchev–Trinajstić information content (AvgIpc) is 2.93. The quantitative estimate of drug-likeness (QED) is 0.596. The van der Waals surface area contributed by atoms with Crippen molar-refractivity contribution in [1.82, 2.24) is 10.2 Å². The van der Waals surface area contributed by atoms with Crippen LogP contribution in [0.3, 0.4) is 0 Å². The van der Waals surface area contributed by atoms with Gasteiger partial charge in [-0.05, 0) is 63.0 Å². The molecule has 1 fully saturated rings. The van der Waals surface area contributed by atoms with Gasteiger partial charge in [0.15, 0.2) is 0 Å². The highest BCUT2D eigenvalue weighted by Crippen LogP contribution is 2.34. The lowest BCUT2D eigenvalue weighted by molar-refractivity contribution is 0.358. The van der Waals surface area contributed by atoms with Crippen LogP contribution in [-0.2, 0) is 0 Å². The molecule has 0 atom stereocenters. The second kappa shape index (κ2) is 8.68. The number of nitrogens with one attached hydrogen (secondary N) is 2. The van der Waals surface area contributed by atoms with E-state index >= 15 is 0 Å². The summed E-state index contributed by atoms with van der Waals surface area (Å²) in [6.45, 7) is 4.83. The summed E-state index contributed by atoms with van der Waals surface area (Å²) in [6, 6.07) is 11.2. The van der Waals surface area contributed by atoms with Gasteiger partial charge in [-0.25, -0.2) is 0 Å². The summed E-state index contributed by atoms with van der Waals surface area (Å²) in [7, 11) is 2.17. The molecule has 25 heavy (non-hydrogen) atoms. The molecule has 0 saturated carbocycles. The molecule has 0 aliphatic carbocycles. The van der Waals surface area contributed by atoms with Gasteiger partial charge in [0, 0.05) is 40.6 Å². The molecular weight excluding hydrogens is 355 g/mol. The maximum absolute atomic E-state index is 5.96.